The molecule has 0 radical (unpaired) electrons. The van der Waals surface area contributed by atoms with Crippen LogP contribution in [-0.2, 0) is 0 Å². The van der Waals surface area contributed by atoms with Crippen LogP contribution in [0, 0.1) is 0 Å². The van der Waals surface area contributed by atoms with Gasteiger partial charge in [0.05, 0.1) is 31.9 Å². The van der Waals surface area contributed by atoms with Crippen molar-refractivity contribution in [3.05, 3.63) is 52.5 Å². The van der Waals surface area contributed by atoms with Crippen LogP contribution >= 0.6 is 11.6 Å². The molecular formula is C20H24ClNO4. The van der Waals surface area contributed by atoms with E-state index < -0.39 is 0 Å². The number of methoxy groups -OCH3 is 2. The molecule has 0 bridgehead atoms. The molecule has 1 unspecified atom stereocenters. The average Bonchev–Trinajstić information content (AvgIpc) is 2.61. The van der Waals surface area contributed by atoms with Crippen molar-refractivity contribution in [1.82, 2.24) is 5.32 Å². The van der Waals surface area contributed by atoms with Gasteiger partial charge in [0.2, 0.25) is 0 Å². The minimum atomic E-state index is -0.243. The largest absolute Gasteiger partial charge is 0.496 e. The summed E-state index contributed by atoms with van der Waals surface area (Å²) in [5, 5.41) is 3.47. The first-order valence-corrected chi connectivity index (χ1v) is 8.72. The van der Waals surface area contributed by atoms with Crippen LogP contribution in [0.2, 0.25) is 5.02 Å². The highest BCUT2D eigenvalue weighted by Gasteiger charge is 2.17. The van der Waals surface area contributed by atoms with Crippen molar-refractivity contribution < 1.29 is 19.0 Å². The minimum Gasteiger partial charge on any atom is -0.496 e. The summed E-state index contributed by atoms with van der Waals surface area (Å²) in [5.41, 5.74) is 1.33. The van der Waals surface area contributed by atoms with Gasteiger partial charge >= 0.3 is 0 Å². The third-order valence-corrected chi connectivity index (χ3v) is 4.04. The lowest BCUT2D eigenvalue weighted by atomic mass is 10.1. The van der Waals surface area contributed by atoms with Crippen molar-refractivity contribution >= 4 is 17.5 Å². The zero-order chi connectivity index (χ0) is 19.3. The number of benzene rings is 2. The maximum absolute atomic E-state index is 12.6. The number of hydrogen-bond donors (Lipinski definition) is 1. The fourth-order valence-electron chi connectivity index (χ4n) is 2.52. The Kier molecular flexibility index (Phi) is 6.75. The van der Waals surface area contributed by atoms with E-state index >= 15 is 0 Å². The summed E-state index contributed by atoms with van der Waals surface area (Å²) in [4.78, 5) is 12.6. The molecule has 0 aliphatic rings. The Hall–Kier alpha value is -2.40. The Morgan fingerprint density at radius 3 is 2.27 bits per heavy atom. The van der Waals surface area contributed by atoms with E-state index in [9.17, 15) is 4.79 Å². The van der Waals surface area contributed by atoms with Crippen molar-refractivity contribution in [3.8, 4) is 17.2 Å². The fraction of sp³-hybridized carbons (Fsp3) is 0.350. The number of ether oxygens (including phenoxy) is 3. The number of carbonyl (C=O) groups excluding carboxylic acids is 1. The van der Waals surface area contributed by atoms with E-state index in [1.807, 2.05) is 39.0 Å². The third-order valence-electron chi connectivity index (χ3n) is 3.81. The van der Waals surface area contributed by atoms with E-state index in [0.29, 0.717) is 27.8 Å². The van der Waals surface area contributed by atoms with Crippen molar-refractivity contribution in [2.75, 3.05) is 14.2 Å². The molecule has 140 valence electrons. The number of carbonyl (C=O) groups is 1. The molecule has 1 N–H and O–H groups in total. The minimum absolute atomic E-state index is 0.0456. The van der Waals surface area contributed by atoms with Crippen molar-refractivity contribution in [2.24, 2.45) is 0 Å². The van der Waals surface area contributed by atoms with E-state index in [1.54, 1.807) is 25.3 Å². The summed E-state index contributed by atoms with van der Waals surface area (Å²) in [6, 6.07) is 10.3. The normalized spacial score (nSPS) is 11.8. The topological polar surface area (TPSA) is 56.8 Å². The molecule has 0 aliphatic heterocycles. The highest BCUT2D eigenvalue weighted by Crippen LogP contribution is 2.31. The van der Waals surface area contributed by atoms with Gasteiger partial charge < -0.3 is 19.5 Å². The van der Waals surface area contributed by atoms with Gasteiger partial charge in [0.1, 0.15) is 5.75 Å². The van der Waals surface area contributed by atoms with Crippen molar-refractivity contribution in [3.63, 3.8) is 0 Å². The number of nitrogens with one attached hydrogen (secondary N) is 1. The maximum Gasteiger partial charge on any atom is 0.255 e. The van der Waals surface area contributed by atoms with Crippen LogP contribution in [-0.4, -0.2) is 26.2 Å². The molecule has 0 aromatic heterocycles. The number of hydrogen-bond acceptors (Lipinski definition) is 4. The zero-order valence-corrected chi connectivity index (χ0v) is 16.4. The Bertz CT molecular complexity index is 776. The van der Waals surface area contributed by atoms with Gasteiger partial charge in [-0.05, 0) is 56.7 Å². The second-order valence-corrected chi connectivity index (χ2v) is 6.55. The molecule has 1 atom stereocenters. The summed E-state index contributed by atoms with van der Waals surface area (Å²) < 4.78 is 16.4. The van der Waals surface area contributed by atoms with Crippen LogP contribution in [0.15, 0.2) is 36.4 Å². The highest BCUT2D eigenvalue weighted by atomic mass is 35.5. The van der Waals surface area contributed by atoms with E-state index in [4.69, 9.17) is 25.8 Å². The Balaban J connectivity index is 2.19. The first-order chi connectivity index (χ1) is 12.3. The van der Waals surface area contributed by atoms with Crippen LogP contribution in [0.4, 0.5) is 0 Å². The molecule has 2 aromatic carbocycles. The predicted octanol–water partition coefficient (Wildman–Crippen LogP) is 4.64. The predicted molar refractivity (Wildman–Crippen MR) is 103 cm³/mol. The van der Waals surface area contributed by atoms with Crippen LogP contribution in [0.5, 0.6) is 17.2 Å². The molecule has 2 rings (SSSR count). The first-order valence-electron chi connectivity index (χ1n) is 8.34. The quantitative estimate of drug-likeness (QED) is 0.763. The second-order valence-electron chi connectivity index (χ2n) is 6.12. The van der Waals surface area contributed by atoms with Gasteiger partial charge in [-0.25, -0.2) is 0 Å². The van der Waals surface area contributed by atoms with Crippen molar-refractivity contribution in [1.29, 1.82) is 0 Å². The SMILES string of the molecule is COc1cc(C(C)NC(=O)c2ccc(Cl)cc2OC)ccc1OC(C)C. The molecule has 0 fully saturated rings. The van der Waals surface area contributed by atoms with Gasteiger partial charge in [-0.1, -0.05) is 17.7 Å². The molecule has 0 saturated carbocycles. The molecular weight excluding hydrogens is 354 g/mol. The summed E-state index contributed by atoms with van der Waals surface area (Å²) in [7, 11) is 3.10. The van der Waals surface area contributed by atoms with Gasteiger partial charge in [-0.15, -0.1) is 0 Å². The van der Waals surface area contributed by atoms with Gasteiger partial charge in [0, 0.05) is 5.02 Å². The zero-order valence-electron chi connectivity index (χ0n) is 15.6. The lowest BCUT2D eigenvalue weighted by molar-refractivity contribution is 0.0937. The molecule has 0 saturated heterocycles. The van der Waals surface area contributed by atoms with Crippen molar-refractivity contribution in [2.45, 2.75) is 32.9 Å². The van der Waals surface area contributed by atoms with Crippen LogP contribution in [0.1, 0.15) is 42.7 Å². The molecule has 2 aromatic rings. The molecule has 26 heavy (non-hydrogen) atoms. The lowest BCUT2D eigenvalue weighted by Crippen LogP contribution is -2.27. The van der Waals surface area contributed by atoms with Gasteiger partial charge in [-0.2, -0.15) is 0 Å². The maximum atomic E-state index is 12.6. The van der Waals surface area contributed by atoms with Gasteiger partial charge in [0.15, 0.2) is 11.5 Å². The van der Waals surface area contributed by atoms with Crippen LogP contribution < -0.4 is 19.5 Å². The molecule has 0 aliphatic carbocycles. The Labute approximate surface area is 159 Å². The van der Waals surface area contributed by atoms with E-state index in [-0.39, 0.29) is 18.1 Å². The molecule has 6 heteroatoms. The second kappa shape index (κ2) is 8.81. The molecule has 0 spiro atoms. The summed E-state index contributed by atoms with van der Waals surface area (Å²) in [6.45, 7) is 5.81. The summed E-state index contributed by atoms with van der Waals surface area (Å²) in [6.07, 6.45) is 0.0456. The molecule has 0 heterocycles. The average molecular weight is 378 g/mol. The number of amides is 1. The Morgan fingerprint density at radius 2 is 1.65 bits per heavy atom. The molecule has 1 amide bonds. The van der Waals surface area contributed by atoms with Gasteiger partial charge in [0.25, 0.3) is 5.91 Å². The molecule has 5 nitrogen and oxygen atoms in total. The van der Waals surface area contributed by atoms with Crippen LogP contribution in [0.25, 0.3) is 0 Å². The number of rotatable bonds is 7. The summed E-state index contributed by atoms with van der Waals surface area (Å²) >= 11 is 5.95. The highest BCUT2D eigenvalue weighted by molar-refractivity contribution is 6.30. The Morgan fingerprint density at radius 1 is 0.962 bits per heavy atom. The van der Waals surface area contributed by atoms with Crippen LogP contribution in [0.3, 0.4) is 0 Å². The third kappa shape index (κ3) is 4.82. The fourth-order valence-corrected chi connectivity index (χ4v) is 2.68. The van der Waals surface area contributed by atoms with E-state index in [0.717, 1.165) is 5.56 Å². The van der Waals surface area contributed by atoms with E-state index in [2.05, 4.69) is 5.32 Å². The first kappa shape index (κ1) is 19.9. The smallest absolute Gasteiger partial charge is 0.255 e. The number of halogens is 1. The van der Waals surface area contributed by atoms with E-state index in [1.165, 1.54) is 7.11 Å². The standard InChI is InChI=1S/C20H24ClNO4/c1-12(2)26-17-9-6-14(10-19(17)25-5)13(3)22-20(23)16-8-7-15(21)11-18(16)24-4/h6-13H,1-5H3,(H,22,23). The van der Waals surface area contributed by atoms with Gasteiger partial charge in [-0.3, -0.25) is 4.79 Å². The lowest BCUT2D eigenvalue weighted by Gasteiger charge is -2.19. The summed E-state index contributed by atoms with van der Waals surface area (Å²) in [5.74, 6) is 1.48. The monoisotopic (exact) mass is 377 g/mol.